The van der Waals surface area contributed by atoms with Crippen LogP contribution in [0.4, 0.5) is 17.1 Å². The first-order valence-electron chi connectivity index (χ1n) is 10.3. The molecule has 0 saturated carbocycles. The van der Waals surface area contributed by atoms with Gasteiger partial charge in [-0.2, -0.15) is 0 Å². The Bertz CT molecular complexity index is 937. The van der Waals surface area contributed by atoms with Crippen molar-refractivity contribution in [2.45, 2.75) is 39.5 Å². The van der Waals surface area contributed by atoms with Gasteiger partial charge in [0.25, 0.3) is 0 Å². The van der Waals surface area contributed by atoms with Gasteiger partial charge in [0.05, 0.1) is 5.69 Å². The Kier molecular flexibility index (Phi) is 7.41. The van der Waals surface area contributed by atoms with E-state index < -0.39 is 0 Å². The van der Waals surface area contributed by atoms with Crippen molar-refractivity contribution in [3.63, 3.8) is 0 Å². The van der Waals surface area contributed by atoms with E-state index >= 15 is 0 Å². The van der Waals surface area contributed by atoms with Gasteiger partial charge in [-0.15, -0.1) is 6.67 Å². The van der Waals surface area contributed by atoms with Gasteiger partial charge in [-0.3, -0.25) is 0 Å². The van der Waals surface area contributed by atoms with E-state index in [1.807, 2.05) is 0 Å². The van der Waals surface area contributed by atoms with Gasteiger partial charge in [0.2, 0.25) is 0 Å². The molecule has 0 atom stereocenters. The third-order valence-corrected chi connectivity index (χ3v) is 5.59. The average molecular weight is 605 g/mol. The van der Waals surface area contributed by atoms with Crippen LogP contribution in [0.3, 0.4) is 0 Å². The first kappa shape index (κ1) is 23.0. The molecule has 0 radical (unpaired) electrons. The van der Waals surface area contributed by atoms with E-state index in [1.165, 1.54) is 39.4 Å². The van der Waals surface area contributed by atoms with Crippen LogP contribution in [-0.2, 0) is 20.0 Å². The van der Waals surface area contributed by atoms with Crippen LogP contribution in [0.15, 0.2) is 54.4 Å². The molecular formula is C25H30AuClN3-. The number of para-hydroxylation sites is 2. The average Bonchev–Trinajstić information content (AvgIpc) is 3.18. The molecule has 0 bridgehead atoms. The van der Waals surface area contributed by atoms with Gasteiger partial charge in [-0.25, -0.2) is 0 Å². The summed E-state index contributed by atoms with van der Waals surface area (Å²) < 4.78 is 0. The number of fused-ring (bicyclic) bond motifs is 3. The van der Waals surface area contributed by atoms with Gasteiger partial charge in [-0.1, -0.05) is 64.1 Å². The SMILES string of the molecule is CC(C)c1cccc(C(C)C)c1N1C=C2C=Cc3cccc(N(C)C)c3N2[CH-]1.[Cl][Au]. The van der Waals surface area contributed by atoms with Crippen LogP contribution in [0.5, 0.6) is 0 Å². The Labute approximate surface area is 197 Å². The van der Waals surface area contributed by atoms with Crippen LogP contribution < -0.4 is 14.7 Å². The number of allylic oxidation sites excluding steroid dienone is 1. The first-order chi connectivity index (χ1) is 14.4. The fraction of sp³-hybridized carbons (Fsp3) is 0.320. The summed E-state index contributed by atoms with van der Waals surface area (Å²) in [6, 6.07) is 13.2. The second-order valence-electron chi connectivity index (χ2n) is 8.48. The predicted molar refractivity (Wildman–Crippen MR) is 128 cm³/mol. The molecule has 2 heterocycles. The standard InChI is InChI=1S/C25H30N3.Au.ClH/c1-17(2)21-10-8-11-22(18(3)4)25(21)27-15-20-14-13-19-9-7-12-23(26(5)6)24(19)28(20)16-27;;/h7-18H,1-6H3;;1H/q-1;+1;/p-1. The van der Waals surface area contributed by atoms with E-state index in [2.05, 4.69) is 127 Å². The molecule has 30 heavy (non-hydrogen) atoms. The molecule has 0 fully saturated rings. The van der Waals surface area contributed by atoms with E-state index in [1.54, 1.807) is 20.0 Å². The van der Waals surface area contributed by atoms with Crippen molar-refractivity contribution >= 4 is 32.3 Å². The molecule has 0 aromatic heterocycles. The zero-order chi connectivity index (χ0) is 22.0. The third-order valence-electron chi connectivity index (χ3n) is 5.59. The molecule has 2 aliphatic rings. The zero-order valence-corrected chi connectivity index (χ0v) is 21.4. The van der Waals surface area contributed by atoms with Gasteiger partial charge in [0.1, 0.15) is 0 Å². The number of hydrogen-bond acceptors (Lipinski definition) is 3. The Morgan fingerprint density at radius 3 is 2.03 bits per heavy atom. The number of halogens is 1. The molecule has 2 aromatic rings. The van der Waals surface area contributed by atoms with Crippen LogP contribution in [0, 0.1) is 6.67 Å². The number of benzene rings is 2. The Balaban J connectivity index is 0.00000124. The number of rotatable bonds is 4. The van der Waals surface area contributed by atoms with Crippen molar-refractivity contribution in [2.24, 2.45) is 0 Å². The molecule has 0 amide bonds. The minimum atomic E-state index is 0.471. The fourth-order valence-corrected chi connectivity index (χ4v) is 4.15. The number of nitrogens with zero attached hydrogens (tertiary/aromatic N) is 3. The molecule has 0 unspecified atom stereocenters. The van der Waals surface area contributed by atoms with Crippen LogP contribution in [0.25, 0.3) is 6.08 Å². The van der Waals surface area contributed by atoms with Crippen LogP contribution in [0.1, 0.15) is 56.2 Å². The first-order valence-corrected chi connectivity index (χ1v) is 12.9. The van der Waals surface area contributed by atoms with Crippen molar-refractivity contribution < 1.29 is 20.0 Å². The molecule has 4 rings (SSSR count). The molecule has 2 aliphatic heterocycles. The summed E-state index contributed by atoms with van der Waals surface area (Å²) in [5.41, 5.74) is 9.04. The number of anilines is 3. The third kappa shape index (κ3) is 4.22. The minimum absolute atomic E-state index is 0.471. The van der Waals surface area contributed by atoms with Crippen molar-refractivity contribution in [2.75, 3.05) is 28.8 Å². The van der Waals surface area contributed by atoms with Crippen molar-refractivity contribution in [1.29, 1.82) is 0 Å². The molecule has 0 spiro atoms. The Hall–Kier alpha value is -1.65. The summed E-state index contributed by atoms with van der Waals surface area (Å²) in [7, 11) is 8.80. The van der Waals surface area contributed by atoms with Gasteiger partial charge in [0.15, 0.2) is 0 Å². The second kappa shape index (κ2) is 9.65. The predicted octanol–water partition coefficient (Wildman–Crippen LogP) is 7.00. The second-order valence-corrected chi connectivity index (χ2v) is 8.48. The number of hydrogen-bond donors (Lipinski definition) is 0. The van der Waals surface area contributed by atoms with Gasteiger partial charge < -0.3 is 14.7 Å². The molecule has 2 aromatic carbocycles. The maximum atomic E-state index is 4.58. The van der Waals surface area contributed by atoms with Crippen LogP contribution >= 0.6 is 9.19 Å². The monoisotopic (exact) mass is 604 g/mol. The van der Waals surface area contributed by atoms with Crippen molar-refractivity contribution in [1.82, 2.24) is 0 Å². The summed E-state index contributed by atoms with van der Waals surface area (Å²) in [6.45, 7) is 11.4. The molecule has 3 nitrogen and oxygen atoms in total. The zero-order valence-electron chi connectivity index (χ0n) is 18.4. The molecule has 0 aliphatic carbocycles. The molecule has 5 heteroatoms. The summed E-state index contributed by atoms with van der Waals surface area (Å²) >= 11 is 1.75. The van der Waals surface area contributed by atoms with Gasteiger partial charge >= 0.3 is 29.2 Å². The molecular weight excluding hydrogens is 575 g/mol. The quantitative estimate of drug-likeness (QED) is 0.275. The van der Waals surface area contributed by atoms with Crippen LogP contribution in [0.2, 0.25) is 0 Å². The van der Waals surface area contributed by atoms with Crippen LogP contribution in [-0.4, -0.2) is 14.1 Å². The topological polar surface area (TPSA) is 9.72 Å². The van der Waals surface area contributed by atoms with Crippen molar-refractivity contribution in [3.05, 3.63) is 77.7 Å². The van der Waals surface area contributed by atoms with E-state index in [4.69, 9.17) is 0 Å². The van der Waals surface area contributed by atoms with Crippen molar-refractivity contribution in [3.8, 4) is 0 Å². The fourth-order valence-electron chi connectivity index (χ4n) is 4.15. The maximum absolute atomic E-state index is 4.58. The van der Waals surface area contributed by atoms with E-state index in [0.717, 1.165) is 0 Å². The van der Waals surface area contributed by atoms with Gasteiger partial charge in [-0.05, 0) is 46.9 Å². The van der Waals surface area contributed by atoms with E-state index in [0.29, 0.717) is 11.8 Å². The Morgan fingerprint density at radius 1 is 0.867 bits per heavy atom. The molecule has 0 saturated heterocycles. The summed E-state index contributed by atoms with van der Waals surface area (Å²) in [6.07, 6.45) is 6.70. The summed E-state index contributed by atoms with van der Waals surface area (Å²) in [5.74, 6) is 0.941. The van der Waals surface area contributed by atoms with E-state index in [-0.39, 0.29) is 0 Å². The van der Waals surface area contributed by atoms with E-state index in [9.17, 15) is 0 Å². The molecule has 0 N–H and O–H groups in total. The summed E-state index contributed by atoms with van der Waals surface area (Å²) in [5, 5.41) is 0. The Morgan fingerprint density at radius 2 is 1.47 bits per heavy atom. The normalized spacial score (nSPS) is 14.4. The summed E-state index contributed by atoms with van der Waals surface area (Å²) in [4.78, 5) is 6.84. The molecule has 164 valence electrons. The van der Waals surface area contributed by atoms with Gasteiger partial charge in [0, 0.05) is 31.2 Å².